The van der Waals surface area contributed by atoms with Crippen LogP contribution in [0.1, 0.15) is 36.2 Å². The van der Waals surface area contributed by atoms with Crippen LogP contribution in [0.4, 0.5) is 11.5 Å². The molecule has 30 heavy (non-hydrogen) atoms. The number of hydrogen-bond acceptors (Lipinski definition) is 6. The molecule has 1 saturated heterocycles. The number of rotatable bonds is 6. The van der Waals surface area contributed by atoms with Gasteiger partial charge in [0.05, 0.1) is 36.8 Å². The van der Waals surface area contributed by atoms with Crippen LogP contribution in [0, 0.1) is 0 Å². The average molecular weight is 406 g/mol. The highest BCUT2D eigenvalue weighted by Crippen LogP contribution is 2.35. The lowest BCUT2D eigenvalue weighted by molar-refractivity contribution is 0.0601. The third kappa shape index (κ3) is 4.07. The predicted molar refractivity (Wildman–Crippen MR) is 117 cm³/mol. The van der Waals surface area contributed by atoms with Gasteiger partial charge >= 0.3 is 5.97 Å². The van der Waals surface area contributed by atoms with Crippen molar-refractivity contribution in [2.24, 2.45) is 0 Å². The Morgan fingerprint density at radius 2 is 2.07 bits per heavy atom. The molecule has 1 atom stereocenters. The number of hydrogen-bond donors (Lipinski definition) is 1. The van der Waals surface area contributed by atoms with Crippen molar-refractivity contribution in [3.05, 3.63) is 60.6 Å². The Morgan fingerprint density at radius 3 is 2.83 bits per heavy atom. The molecule has 1 fully saturated rings. The lowest BCUT2D eigenvalue weighted by atomic mass is 10.1. The molecule has 7 heteroatoms. The van der Waals surface area contributed by atoms with Gasteiger partial charge in [0.15, 0.2) is 0 Å². The number of carbonyl (C=O) groups excluding carboxylic acids is 1. The van der Waals surface area contributed by atoms with Crippen LogP contribution in [0.25, 0.3) is 11.1 Å². The van der Waals surface area contributed by atoms with Crippen LogP contribution < -0.4 is 5.32 Å². The van der Waals surface area contributed by atoms with Crippen molar-refractivity contribution in [2.75, 3.05) is 32.1 Å². The number of piperidine rings is 1. The summed E-state index contributed by atoms with van der Waals surface area (Å²) in [6, 6.07) is 12.1. The number of benzene rings is 1. The number of nitrogens with one attached hydrogen (secondary N) is 1. The van der Waals surface area contributed by atoms with Gasteiger partial charge in [-0.05, 0) is 37.6 Å². The molecule has 1 aliphatic heterocycles. The van der Waals surface area contributed by atoms with Crippen LogP contribution >= 0.6 is 0 Å². The van der Waals surface area contributed by atoms with Crippen LogP contribution in [-0.4, -0.2) is 52.4 Å². The van der Waals surface area contributed by atoms with Gasteiger partial charge in [0.2, 0.25) is 0 Å². The third-order valence-corrected chi connectivity index (χ3v) is 5.63. The van der Waals surface area contributed by atoms with Gasteiger partial charge in [-0.3, -0.25) is 4.98 Å². The van der Waals surface area contributed by atoms with Crippen LogP contribution in [0.15, 0.2) is 55.0 Å². The summed E-state index contributed by atoms with van der Waals surface area (Å²) in [6.07, 6.45) is 7.35. The highest BCUT2D eigenvalue weighted by molar-refractivity contribution is 5.96. The van der Waals surface area contributed by atoms with Crippen molar-refractivity contribution < 1.29 is 9.53 Å². The molecule has 0 saturated carbocycles. The zero-order valence-corrected chi connectivity index (χ0v) is 17.4. The normalized spacial score (nSPS) is 16.9. The van der Waals surface area contributed by atoms with Crippen molar-refractivity contribution in [1.82, 2.24) is 19.7 Å². The fourth-order valence-corrected chi connectivity index (χ4v) is 4.02. The molecule has 156 valence electrons. The fourth-order valence-electron chi connectivity index (χ4n) is 4.02. The van der Waals surface area contributed by atoms with Crippen LogP contribution in [0.2, 0.25) is 0 Å². The number of nitrogens with zero attached hydrogens (tertiary/aromatic N) is 4. The van der Waals surface area contributed by atoms with Crippen LogP contribution in [0.3, 0.4) is 0 Å². The highest BCUT2D eigenvalue weighted by Gasteiger charge is 2.25. The number of likely N-dealkylation sites (tertiary alicyclic amines) is 1. The molecular weight excluding hydrogens is 378 g/mol. The average Bonchev–Trinajstić information content (AvgIpc) is 3.23. The standard InChI is InChI=1S/C23H27N5O2/c1-3-27-13-7-10-18(16-27)28-22(20(14-25-28)17-8-5-4-6-9-17)26-21-15-24-12-11-19(21)23(29)30-2/h4-6,8-9,11-12,14-15,18,26H,3,7,10,13,16H2,1-2H3. The van der Waals surface area contributed by atoms with E-state index in [9.17, 15) is 4.79 Å². The van der Waals surface area contributed by atoms with E-state index in [2.05, 4.69) is 38.9 Å². The minimum absolute atomic E-state index is 0.261. The molecule has 0 spiro atoms. The molecule has 0 radical (unpaired) electrons. The summed E-state index contributed by atoms with van der Waals surface area (Å²) in [5.41, 5.74) is 3.10. The van der Waals surface area contributed by atoms with Crippen molar-refractivity contribution in [3.63, 3.8) is 0 Å². The fraction of sp³-hybridized carbons (Fsp3) is 0.348. The molecule has 3 aromatic rings. The van der Waals surface area contributed by atoms with Gasteiger partial charge < -0.3 is 15.0 Å². The van der Waals surface area contributed by atoms with Gasteiger partial charge in [-0.15, -0.1) is 0 Å². The molecule has 0 amide bonds. The summed E-state index contributed by atoms with van der Waals surface area (Å²) >= 11 is 0. The van der Waals surface area contributed by atoms with Gasteiger partial charge in [-0.2, -0.15) is 5.10 Å². The molecule has 1 aromatic carbocycles. The van der Waals surface area contributed by atoms with Gasteiger partial charge in [0.1, 0.15) is 5.82 Å². The number of anilines is 2. The maximum atomic E-state index is 12.3. The van der Waals surface area contributed by atoms with Crippen molar-refractivity contribution >= 4 is 17.5 Å². The molecule has 1 unspecified atom stereocenters. The molecule has 3 heterocycles. The Balaban J connectivity index is 1.77. The van der Waals surface area contributed by atoms with Crippen LogP contribution in [-0.2, 0) is 4.74 Å². The first kappa shape index (κ1) is 20.1. The number of aromatic nitrogens is 3. The molecule has 4 rings (SSSR count). The monoisotopic (exact) mass is 405 g/mol. The Labute approximate surface area is 176 Å². The maximum absolute atomic E-state index is 12.3. The maximum Gasteiger partial charge on any atom is 0.340 e. The van der Waals surface area contributed by atoms with Crippen molar-refractivity contribution in [1.29, 1.82) is 0 Å². The lowest BCUT2D eigenvalue weighted by Crippen LogP contribution is -2.36. The first-order valence-electron chi connectivity index (χ1n) is 10.4. The molecule has 1 aliphatic rings. The van der Waals surface area contributed by atoms with E-state index in [1.165, 1.54) is 7.11 Å². The van der Waals surface area contributed by atoms with Gasteiger partial charge in [-0.25, -0.2) is 9.48 Å². The number of likely N-dealkylation sites (N-methyl/N-ethyl adjacent to an activating group) is 1. The Hall–Kier alpha value is -3.19. The van der Waals surface area contributed by atoms with E-state index in [1.54, 1.807) is 18.5 Å². The first-order valence-corrected chi connectivity index (χ1v) is 10.4. The van der Waals surface area contributed by atoms with E-state index in [1.807, 2.05) is 24.4 Å². The molecule has 7 nitrogen and oxygen atoms in total. The molecular formula is C23H27N5O2. The summed E-state index contributed by atoms with van der Waals surface area (Å²) in [5.74, 6) is 0.462. The minimum atomic E-state index is -0.401. The largest absolute Gasteiger partial charge is 0.465 e. The summed E-state index contributed by atoms with van der Waals surface area (Å²) in [5, 5.41) is 8.22. The lowest BCUT2D eigenvalue weighted by Gasteiger charge is -2.33. The predicted octanol–water partition coefficient (Wildman–Crippen LogP) is 4.13. The second-order valence-corrected chi connectivity index (χ2v) is 7.44. The van der Waals surface area contributed by atoms with E-state index in [0.717, 1.165) is 49.4 Å². The number of ether oxygens (including phenoxy) is 1. The molecule has 2 aromatic heterocycles. The summed E-state index contributed by atoms with van der Waals surface area (Å²) < 4.78 is 7.02. The topological polar surface area (TPSA) is 72.3 Å². The van der Waals surface area contributed by atoms with Crippen molar-refractivity contribution in [3.8, 4) is 11.1 Å². The SMILES string of the molecule is CCN1CCCC(n2ncc(-c3ccccc3)c2Nc2cnccc2C(=O)OC)C1. The summed E-state index contributed by atoms with van der Waals surface area (Å²) in [4.78, 5) is 18.9. The van der Waals surface area contributed by atoms with Crippen molar-refractivity contribution in [2.45, 2.75) is 25.8 Å². The zero-order chi connectivity index (χ0) is 20.9. The second kappa shape index (κ2) is 9.09. The highest BCUT2D eigenvalue weighted by atomic mass is 16.5. The molecule has 1 N–H and O–H groups in total. The van der Waals surface area contributed by atoms with Crippen LogP contribution in [0.5, 0.6) is 0 Å². The summed E-state index contributed by atoms with van der Waals surface area (Å²) in [6.45, 7) is 5.30. The van der Waals surface area contributed by atoms with E-state index >= 15 is 0 Å². The smallest absolute Gasteiger partial charge is 0.340 e. The Bertz CT molecular complexity index is 1000. The third-order valence-electron chi connectivity index (χ3n) is 5.63. The number of methoxy groups -OCH3 is 1. The quantitative estimate of drug-likeness (QED) is 0.622. The van der Waals surface area contributed by atoms with Gasteiger partial charge in [-0.1, -0.05) is 37.3 Å². The van der Waals surface area contributed by atoms with E-state index in [0.29, 0.717) is 11.3 Å². The zero-order valence-electron chi connectivity index (χ0n) is 17.4. The van der Waals surface area contributed by atoms with Gasteiger partial charge in [0.25, 0.3) is 0 Å². The first-order chi connectivity index (χ1) is 14.7. The van der Waals surface area contributed by atoms with Gasteiger partial charge in [0, 0.05) is 18.3 Å². The van der Waals surface area contributed by atoms with E-state index in [4.69, 9.17) is 9.84 Å². The molecule has 0 bridgehead atoms. The second-order valence-electron chi connectivity index (χ2n) is 7.44. The number of pyridine rings is 1. The van der Waals surface area contributed by atoms with E-state index < -0.39 is 5.97 Å². The Morgan fingerprint density at radius 1 is 1.23 bits per heavy atom. The number of carbonyl (C=O) groups is 1. The Kier molecular flexibility index (Phi) is 6.09. The van der Waals surface area contributed by atoms with E-state index in [-0.39, 0.29) is 6.04 Å². The summed E-state index contributed by atoms with van der Waals surface area (Å²) in [7, 11) is 1.38. The minimum Gasteiger partial charge on any atom is -0.465 e. The molecule has 0 aliphatic carbocycles. The number of esters is 1.